The molecule has 5 nitrogen and oxygen atoms in total. The molecule has 1 aromatic heterocycles. The molecule has 0 spiro atoms. The normalized spacial score (nSPS) is 10.9. The standard InChI is InChI=1S/C22H15ClFN3O2S/c23-15-3-1-2-13(10-15)12-25-20(28)14-4-9-18-19(11-14)26-22(30)27(21(18)29)17-7-5-16(24)6-8-17/h1-11H,12H2,(H,25,28)(H,26,30). The summed E-state index contributed by atoms with van der Waals surface area (Å²) >= 11 is 11.3. The van der Waals surface area contributed by atoms with E-state index in [2.05, 4.69) is 10.3 Å². The van der Waals surface area contributed by atoms with E-state index in [-0.39, 0.29) is 16.2 Å². The van der Waals surface area contributed by atoms with Crippen LogP contribution in [0.4, 0.5) is 4.39 Å². The summed E-state index contributed by atoms with van der Waals surface area (Å²) in [6, 6.07) is 17.4. The fourth-order valence-corrected chi connectivity index (χ4v) is 3.63. The molecule has 8 heteroatoms. The zero-order valence-corrected chi connectivity index (χ0v) is 17.1. The molecule has 0 saturated carbocycles. The van der Waals surface area contributed by atoms with E-state index in [0.717, 1.165) is 5.56 Å². The predicted molar refractivity (Wildman–Crippen MR) is 117 cm³/mol. The number of fused-ring (bicyclic) bond motifs is 1. The minimum Gasteiger partial charge on any atom is -0.348 e. The summed E-state index contributed by atoms with van der Waals surface area (Å²) in [4.78, 5) is 28.4. The van der Waals surface area contributed by atoms with Gasteiger partial charge in [0, 0.05) is 17.1 Å². The van der Waals surface area contributed by atoms with Gasteiger partial charge in [-0.25, -0.2) is 4.39 Å². The van der Waals surface area contributed by atoms with Gasteiger partial charge in [0.05, 0.1) is 16.6 Å². The highest BCUT2D eigenvalue weighted by atomic mass is 35.5. The van der Waals surface area contributed by atoms with Gasteiger partial charge in [-0.1, -0.05) is 23.7 Å². The Morgan fingerprint density at radius 3 is 2.60 bits per heavy atom. The first-order valence-electron chi connectivity index (χ1n) is 9.00. The lowest BCUT2D eigenvalue weighted by atomic mass is 10.1. The molecule has 0 fully saturated rings. The second-order valence-corrected chi connectivity index (χ2v) is 7.44. The molecule has 150 valence electrons. The average molecular weight is 440 g/mol. The van der Waals surface area contributed by atoms with Crippen molar-refractivity contribution < 1.29 is 9.18 Å². The molecule has 4 rings (SSSR count). The van der Waals surface area contributed by atoms with Gasteiger partial charge in [0.15, 0.2) is 4.77 Å². The molecule has 3 aromatic carbocycles. The molecular formula is C22H15ClFN3O2S. The summed E-state index contributed by atoms with van der Waals surface area (Å²) in [7, 11) is 0. The lowest BCUT2D eigenvalue weighted by Gasteiger charge is -2.10. The second-order valence-electron chi connectivity index (χ2n) is 6.62. The van der Waals surface area contributed by atoms with Gasteiger partial charge in [0.2, 0.25) is 0 Å². The number of rotatable bonds is 4. The number of halogens is 2. The SMILES string of the molecule is O=C(NCc1cccc(Cl)c1)c1ccc2c(=O)n(-c3ccc(F)cc3)c(=S)[nH]c2c1. The molecule has 0 atom stereocenters. The third kappa shape index (κ3) is 4.03. The summed E-state index contributed by atoms with van der Waals surface area (Å²) in [6.07, 6.45) is 0. The van der Waals surface area contributed by atoms with Gasteiger partial charge in [-0.05, 0) is 72.4 Å². The zero-order chi connectivity index (χ0) is 21.3. The summed E-state index contributed by atoms with van der Waals surface area (Å²) < 4.78 is 14.6. The van der Waals surface area contributed by atoms with Crippen LogP contribution >= 0.6 is 23.8 Å². The van der Waals surface area contributed by atoms with Crippen LogP contribution in [0, 0.1) is 10.6 Å². The van der Waals surface area contributed by atoms with E-state index < -0.39 is 5.82 Å². The number of hydrogen-bond donors (Lipinski definition) is 2. The molecule has 0 unspecified atom stereocenters. The Bertz CT molecular complexity index is 1380. The maximum Gasteiger partial charge on any atom is 0.266 e. The Balaban J connectivity index is 1.65. The highest BCUT2D eigenvalue weighted by Gasteiger charge is 2.11. The van der Waals surface area contributed by atoms with Gasteiger partial charge in [-0.3, -0.25) is 14.2 Å². The molecule has 1 heterocycles. The lowest BCUT2D eigenvalue weighted by molar-refractivity contribution is 0.0951. The van der Waals surface area contributed by atoms with Crippen LogP contribution in [-0.2, 0) is 6.54 Å². The Kier molecular flexibility index (Phi) is 5.48. The number of carbonyl (C=O) groups excluding carboxylic acids is 1. The van der Waals surface area contributed by atoms with Gasteiger partial charge < -0.3 is 10.3 Å². The quantitative estimate of drug-likeness (QED) is 0.450. The van der Waals surface area contributed by atoms with Crippen molar-refractivity contribution in [2.75, 3.05) is 0 Å². The van der Waals surface area contributed by atoms with Crippen molar-refractivity contribution in [2.24, 2.45) is 0 Å². The summed E-state index contributed by atoms with van der Waals surface area (Å²) in [5, 5.41) is 3.78. The van der Waals surface area contributed by atoms with Crippen molar-refractivity contribution in [3.05, 3.63) is 104 Å². The molecule has 0 saturated heterocycles. The van der Waals surface area contributed by atoms with Gasteiger partial charge in [-0.2, -0.15) is 0 Å². The van der Waals surface area contributed by atoms with Gasteiger partial charge in [0.25, 0.3) is 11.5 Å². The molecule has 0 aliphatic heterocycles. The molecule has 4 aromatic rings. The van der Waals surface area contributed by atoms with E-state index in [9.17, 15) is 14.0 Å². The number of amides is 1. The minimum absolute atomic E-state index is 0.149. The molecule has 0 bridgehead atoms. The van der Waals surface area contributed by atoms with Gasteiger partial charge in [-0.15, -0.1) is 0 Å². The van der Waals surface area contributed by atoms with E-state index in [4.69, 9.17) is 23.8 Å². The first-order valence-corrected chi connectivity index (χ1v) is 9.79. The average Bonchev–Trinajstić information content (AvgIpc) is 2.73. The molecule has 30 heavy (non-hydrogen) atoms. The van der Waals surface area contributed by atoms with Crippen LogP contribution in [0.1, 0.15) is 15.9 Å². The first kappa shape index (κ1) is 20.0. The number of nitrogens with zero attached hydrogens (tertiary/aromatic N) is 1. The second kappa shape index (κ2) is 8.22. The fourth-order valence-electron chi connectivity index (χ4n) is 3.12. The van der Waals surface area contributed by atoms with Crippen LogP contribution in [0.2, 0.25) is 5.02 Å². The van der Waals surface area contributed by atoms with E-state index in [0.29, 0.717) is 33.7 Å². The highest BCUT2D eigenvalue weighted by Crippen LogP contribution is 2.15. The van der Waals surface area contributed by atoms with Gasteiger partial charge >= 0.3 is 0 Å². The van der Waals surface area contributed by atoms with E-state index >= 15 is 0 Å². The van der Waals surface area contributed by atoms with Crippen LogP contribution in [0.25, 0.3) is 16.6 Å². The van der Waals surface area contributed by atoms with E-state index in [1.54, 1.807) is 30.3 Å². The van der Waals surface area contributed by atoms with Crippen molar-refractivity contribution in [1.29, 1.82) is 0 Å². The summed E-state index contributed by atoms with van der Waals surface area (Å²) in [5.41, 5.74) is 1.80. The third-order valence-corrected chi connectivity index (χ3v) is 5.11. The summed E-state index contributed by atoms with van der Waals surface area (Å²) in [5.74, 6) is -0.699. The van der Waals surface area contributed by atoms with Crippen LogP contribution in [0.5, 0.6) is 0 Å². The number of aromatic nitrogens is 2. The topological polar surface area (TPSA) is 66.9 Å². The number of hydrogen-bond acceptors (Lipinski definition) is 3. The number of H-pyrrole nitrogens is 1. The molecule has 2 N–H and O–H groups in total. The maximum absolute atomic E-state index is 13.2. The van der Waals surface area contributed by atoms with Crippen LogP contribution in [0.3, 0.4) is 0 Å². The number of nitrogens with one attached hydrogen (secondary N) is 2. The van der Waals surface area contributed by atoms with Crippen LogP contribution in [-0.4, -0.2) is 15.5 Å². The Morgan fingerprint density at radius 1 is 1.10 bits per heavy atom. The first-order chi connectivity index (χ1) is 14.4. The number of benzene rings is 3. The predicted octanol–water partition coefficient (Wildman–Crippen LogP) is 4.77. The van der Waals surface area contributed by atoms with Crippen molar-refractivity contribution in [3.63, 3.8) is 0 Å². The smallest absolute Gasteiger partial charge is 0.266 e. The van der Waals surface area contributed by atoms with E-state index in [1.165, 1.54) is 28.8 Å². The van der Waals surface area contributed by atoms with Crippen molar-refractivity contribution in [2.45, 2.75) is 6.54 Å². The van der Waals surface area contributed by atoms with Crippen LogP contribution < -0.4 is 10.9 Å². The fraction of sp³-hybridized carbons (Fsp3) is 0.0455. The molecule has 0 aliphatic rings. The van der Waals surface area contributed by atoms with E-state index in [1.807, 2.05) is 12.1 Å². The maximum atomic E-state index is 13.2. The minimum atomic E-state index is -0.407. The summed E-state index contributed by atoms with van der Waals surface area (Å²) in [6.45, 7) is 0.319. The van der Waals surface area contributed by atoms with Crippen molar-refractivity contribution in [3.8, 4) is 5.69 Å². The monoisotopic (exact) mass is 439 g/mol. The molecular weight excluding hydrogens is 425 g/mol. The van der Waals surface area contributed by atoms with Crippen LogP contribution in [0.15, 0.2) is 71.5 Å². The largest absolute Gasteiger partial charge is 0.348 e. The molecule has 1 amide bonds. The molecule has 0 radical (unpaired) electrons. The Morgan fingerprint density at radius 2 is 1.87 bits per heavy atom. The number of carbonyl (C=O) groups is 1. The Hall–Kier alpha value is -3.29. The third-order valence-electron chi connectivity index (χ3n) is 4.59. The Labute approximate surface area is 180 Å². The zero-order valence-electron chi connectivity index (χ0n) is 15.5. The highest BCUT2D eigenvalue weighted by molar-refractivity contribution is 7.71. The van der Waals surface area contributed by atoms with Crippen molar-refractivity contribution >= 4 is 40.6 Å². The lowest BCUT2D eigenvalue weighted by Crippen LogP contribution is -2.24. The van der Waals surface area contributed by atoms with Gasteiger partial charge in [0.1, 0.15) is 5.82 Å². The van der Waals surface area contributed by atoms with Crippen molar-refractivity contribution in [1.82, 2.24) is 14.9 Å². The number of aromatic amines is 1. The molecule has 0 aliphatic carbocycles.